The topological polar surface area (TPSA) is 70.8 Å². The van der Waals surface area contributed by atoms with Crippen LogP contribution < -0.4 is 15.2 Å². The highest BCUT2D eigenvalue weighted by atomic mass is 16.5. The number of nitrogens with two attached hydrogens (primary N) is 1. The number of esters is 1. The van der Waals surface area contributed by atoms with E-state index in [1.54, 1.807) is 32.4 Å². The molecule has 94 valence electrons. The third kappa shape index (κ3) is 3.35. The second-order valence-electron chi connectivity index (χ2n) is 3.49. The quantitative estimate of drug-likeness (QED) is 0.783. The third-order valence-electron chi connectivity index (χ3n) is 2.45. The predicted octanol–water partition coefficient (Wildman–Crippen LogP) is 1.27. The molecule has 0 heterocycles. The molecule has 0 spiro atoms. The van der Waals surface area contributed by atoms with Crippen LogP contribution in [0.4, 0.5) is 0 Å². The molecule has 17 heavy (non-hydrogen) atoms. The van der Waals surface area contributed by atoms with Crippen LogP contribution in [0, 0.1) is 0 Å². The highest BCUT2D eigenvalue weighted by molar-refractivity contribution is 5.70. The van der Waals surface area contributed by atoms with Crippen molar-refractivity contribution in [1.29, 1.82) is 0 Å². The van der Waals surface area contributed by atoms with Crippen molar-refractivity contribution in [2.75, 3.05) is 21.3 Å². The lowest BCUT2D eigenvalue weighted by Gasteiger charge is -2.15. The van der Waals surface area contributed by atoms with Gasteiger partial charge in [-0.2, -0.15) is 0 Å². The number of ether oxygens (including phenoxy) is 3. The highest BCUT2D eigenvalue weighted by Gasteiger charge is 2.17. The van der Waals surface area contributed by atoms with Crippen LogP contribution in [0.3, 0.4) is 0 Å². The number of methoxy groups -OCH3 is 3. The molecular formula is C12H17NO4. The van der Waals surface area contributed by atoms with Gasteiger partial charge in [0.1, 0.15) is 11.5 Å². The van der Waals surface area contributed by atoms with Gasteiger partial charge in [-0.3, -0.25) is 4.79 Å². The van der Waals surface area contributed by atoms with Gasteiger partial charge in [-0.15, -0.1) is 0 Å². The molecule has 1 aromatic rings. The number of benzene rings is 1. The Labute approximate surface area is 100 Å². The zero-order valence-electron chi connectivity index (χ0n) is 10.2. The minimum atomic E-state index is -0.479. The molecule has 0 unspecified atom stereocenters. The summed E-state index contributed by atoms with van der Waals surface area (Å²) in [6, 6.07) is 4.80. The van der Waals surface area contributed by atoms with E-state index in [1.165, 1.54) is 7.11 Å². The van der Waals surface area contributed by atoms with Crippen LogP contribution in [0.1, 0.15) is 18.0 Å². The first-order valence-corrected chi connectivity index (χ1v) is 5.16. The molecule has 0 saturated carbocycles. The number of hydrogen-bond acceptors (Lipinski definition) is 5. The molecule has 0 aliphatic carbocycles. The fraction of sp³-hybridized carbons (Fsp3) is 0.417. The summed E-state index contributed by atoms with van der Waals surface area (Å²) in [5.74, 6) is 0.936. The van der Waals surface area contributed by atoms with E-state index >= 15 is 0 Å². The van der Waals surface area contributed by atoms with Crippen molar-refractivity contribution in [1.82, 2.24) is 0 Å². The largest absolute Gasteiger partial charge is 0.497 e. The Balaban J connectivity index is 2.96. The second-order valence-corrected chi connectivity index (χ2v) is 3.49. The van der Waals surface area contributed by atoms with Gasteiger partial charge in [0.05, 0.1) is 27.8 Å². The number of rotatable bonds is 5. The summed E-state index contributed by atoms with van der Waals surface area (Å²) >= 11 is 0. The molecular weight excluding hydrogens is 222 g/mol. The van der Waals surface area contributed by atoms with Crippen LogP contribution in [0.25, 0.3) is 0 Å². The Bertz CT molecular complexity index is 392. The van der Waals surface area contributed by atoms with Gasteiger partial charge in [-0.25, -0.2) is 0 Å². The van der Waals surface area contributed by atoms with Gasteiger partial charge in [-0.1, -0.05) is 0 Å². The summed E-state index contributed by atoms with van der Waals surface area (Å²) in [6.07, 6.45) is 0.0972. The Morgan fingerprint density at radius 3 is 2.53 bits per heavy atom. The van der Waals surface area contributed by atoms with Gasteiger partial charge < -0.3 is 19.9 Å². The fourth-order valence-electron chi connectivity index (χ4n) is 1.50. The first-order valence-electron chi connectivity index (χ1n) is 5.16. The van der Waals surface area contributed by atoms with Gasteiger partial charge in [0, 0.05) is 11.6 Å². The molecule has 0 aromatic heterocycles. The highest BCUT2D eigenvalue weighted by Crippen LogP contribution is 2.29. The minimum absolute atomic E-state index is 0.0972. The average Bonchev–Trinajstić information content (AvgIpc) is 2.37. The van der Waals surface area contributed by atoms with E-state index < -0.39 is 6.04 Å². The fourth-order valence-corrected chi connectivity index (χ4v) is 1.50. The summed E-state index contributed by atoms with van der Waals surface area (Å²) in [5, 5.41) is 0. The van der Waals surface area contributed by atoms with Gasteiger partial charge in [-0.05, 0) is 18.2 Å². The average molecular weight is 239 g/mol. The van der Waals surface area contributed by atoms with Crippen LogP contribution in [0.5, 0.6) is 11.5 Å². The van der Waals surface area contributed by atoms with E-state index in [0.29, 0.717) is 11.5 Å². The zero-order valence-corrected chi connectivity index (χ0v) is 10.2. The van der Waals surface area contributed by atoms with Crippen LogP contribution in [-0.2, 0) is 9.53 Å². The molecule has 0 fully saturated rings. The minimum Gasteiger partial charge on any atom is -0.497 e. The summed E-state index contributed by atoms with van der Waals surface area (Å²) in [7, 11) is 4.45. The Morgan fingerprint density at radius 2 is 2.00 bits per heavy atom. The molecule has 0 saturated heterocycles. The first kappa shape index (κ1) is 13.3. The van der Waals surface area contributed by atoms with Crippen LogP contribution in [0.15, 0.2) is 18.2 Å². The van der Waals surface area contributed by atoms with E-state index in [2.05, 4.69) is 4.74 Å². The van der Waals surface area contributed by atoms with E-state index in [4.69, 9.17) is 15.2 Å². The van der Waals surface area contributed by atoms with Crippen LogP contribution in [-0.4, -0.2) is 27.3 Å². The maximum Gasteiger partial charge on any atom is 0.307 e. The number of carbonyl (C=O) groups is 1. The van der Waals surface area contributed by atoms with Crippen molar-refractivity contribution < 1.29 is 19.0 Å². The van der Waals surface area contributed by atoms with Crippen molar-refractivity contribution in [2.45, 2.75) is 12.5 Å². The Kier molecular flexibility index (Phi) is 4.78. The summed E-state index contributed by atoms with van der Waals surface area (Å²) < 4.78 is 14.9. The van der Waals surface area contributed by atoms with E-state index in [1.807, 2.05) is 0 Å². The third-order valence-corrected chi connectivity index (χ3v) is 2.45. The molecule has 5 heteroatoms. The molecule has 0 aliphatic heterocycles. The lowest BCUT2D eigenvalue weighted by molar-refractivity contribution is -0.141. The van der Waals surface area contributed by atoms with Gasteiger partial charge in [0.2, 0.25) is 0 Å². The summed E-state index contributed by atoms with van der Waals surface area (Å²) in [6.45, 7) is 0. The molecule has 1 rings (SSSR count). The van der Waals surface area contributed by atoms with E-state index in [-0.39, 0.29) is 12.4 Å². The summed E-state index contributed by atoms with van der Waals surface area (Å²) in [5.41, 5.74) is 6.65. The molecule has 5 nitrogen and oxygen atoms in total. The second kappa shape index (κ2) is 6.10. The number of carbonyl (C=O) groups excluding carboxylic acids is 1. The Morgan fingerprint density at radius 1 is 1.29 bits per heavy atom. The molecule has 0 bridgehead atoms. The van der Waals surface area contributed by atoms with E-state index in [0.717, 1.165) is 5.56 Å². The maximum atomic E-state index is 11.2. The van der Waals surface area contributed by atoms with E-state index in [9.17, 15) is 4.79 Å². The zero-order chi connectivity index (χ0) is 12.8. The van der Waals surface area contributed by atoms with Gasteiger partial charge in [0.15, 0.2) is 0 Å². The first-order chi connectivity index (χ1) is 8.12. The smallest absolute Gasteiger partial charge is 0.307 e. The standard InChI is InChI=1S/C12H17NO4/c1-15-8-4-5-11(16-2)9(6-8)10(13)7-12(14)17-3/h4-6,10H,7,13H2,1-3H3/t10-/m1/s1. The monoisotopic (exact) mass is 239 g/mol. The van der Waals surface area contributed by atoms with Gasteiger partial charge in [0.25, 0.3) is 0 Å². The molecule has 0 aliphatic rings. The Hall–Kier alpha value is -1.75. The van der Waals surface area contributed by atoms with Crippen molar-refractivity contribution >= 4 is 5.97 Å². The van der Waals surface area contributed by atoms with Crippen molar-refractivity contribution in [3.63, 3.8) is 0 Å². The van der Waals surface area contributed by atoms with Gasteiger partial charge >= 0.3 is 5.97 Å². The summed E-state index contributed by atoms with van der Waals surface area (Å²) in [4.78, 5) is 11.2. The van der Waals surface area contributed by atoms with Crippen molar-refractivity contribution in [3.05, 3.63) is 23.8 Å². The number of hydrogen-bond donors (Lipinski definition) is 1. The molecule has 0 radical (unpaired) electrons. The molecule has 0 amide bonds. The predicted molar refractivity (Wildman–Crippen MR) is 63.1 cm³/mol. The molecule has 1 aromatic carbocycles. The molecule has 1 atom stereocenters. The lowest BCUT2D eigenvalue weighted by atomic mass is 10.0. The van der Waals surface area contributed by atoms with Crippen molar-refractivity contribution in [2.24, 2.45) is 5.73 Å². The SMILES string of the molecule is COC(=O)C[C@@H](N)c1cc(OC)ccc1OC. The van der Waals surface area contributed by atoms with Crippen LogP contribution in [0.2, 0.25) is 0 Å². The lowest BCUT2D eigenvalue weighted by Crippen LogP contribution is -2.17. The van der Waals surface area contributed by atoms with Crippen molar-refractivity contribution in [3.8, 4) is 11.5 Å². The molecule has 2 N–H and O–H groups in total. The maximum absolute atomic E-state index is 11.2. The normalized spacial score (nSPS) is 11.8. The van der Waals surface area contributed by atoms with Crippen LogP contribution >= 0.6 is 0 Å².